The van der Waals surface area contributed by atoms with Crippen LogP contribution in [0.4, 0.5) is 5.69 Å². The van der Waals surface area contributed by atoms with E-state index in [1.54, 1.807) is 25.3 Å². The van der Waals surface area contributed by atoms with Crippen LogP contribution in [-0.2, 0) is 16.0 Å². The third-order valence-corrected chi connectivity index (χ3v) is 4.05. The molecule has 2 N–H and O–H groups in total. The van der Waals surface area contributed by atoms with Crippen molar-refractivity contribution in [2.75, 3.05) is 19.0 Å². The van der Waals surface area contributed by atoms with Gasteiger partial charge in [-0.05, 0) is 36.8 Å². The number of rotatable bonds is 7. The van der Waals surface area contributed by atoms with Crippen molar-refractivity contribution >= 4 is 28.5 Å². The zero-order valence-electron chi connectivity index (χ0n) is 15.3. The molecule has 6 nitrogen and oxygen atoms in total. The first-order chi connectivity index (χ1) is 13.0. The van der Waals surface area contributed by atoms with Gasteiger partial charge in [-0.25, -0.2) is 0 Å². The molecule has 1 heterocycles. The van der Waals surface area contributed by atoms with Crippen molar-refractivity contribution in [3.05, 3.63) is 65.9 Å². The lowest BCUT2D eigenvalue weighted by atomic mass is 10.1. The highest BCUT2D eigenvalue weighted by Gasteiger charge is 2.13. The summed E-state index contributed by atoms with van der Waals surface area (Å²) in [7, 11) is 1.60. The molecule has 0 saturated carbocycles. The van der Waals surface area contributed by atoms with Gasteiger partial charge >= 0.3 is 0 Å². The van der Waals surface area contributed by atoms with Gasteiger partial charge in [0, 0.05) is 24.2 Å². The molecule has 6 heteroatoms. The number of hydrogen-bond acceptors (Lipinski definition) is 4. The van der Waals surface area contributed by atoms with Crippen LogP contribution in [0.2, 0.25) is 0 Å². The Bertz CT molecular complexity index is 898. The van der Waals surface area contributed by atoms with Crippen LogP contribution in [0.15, 0.2) is 59.0 Å². The van der Waals surface area contributed by atoms with E-state index >= 15 is 0 Å². The van der Waals surface area contributed by atoms with E-state index in [0.29, 0.717) is 17.9 Å². The van der Waals surface area contributed by atoms with Crippen LogP contribution in [0.25, 0.3) is 11.0 Å². The van der Waals surface area contributed by atoms with E-state index in [1.807, 2.05) is 43.3 Å². The minimum Gasteiger partial charge on any atom is -0.451 e. The first kappa shape index (κ1) is 18.7. The second-order valence-corrected chi connectivity index (χ2v) is 6.40. The lowest BCUT2D eigenvalue weighted by Crippen LogP contribution is -2.36. The number of hydrogen-bond donors (Lipinski definition) is 2. The van der Waals surface area contributed by atoms with Crippen molar-refractivity contribution in [1.82, 2.24) is 5.32 Å². The molecule has 0 bridgehead atoms. The number of carbonyl (C=O) groups excluding carboxylic acids is 2. The van der Waals surface area contributed by atoms with Gasteiger partial charge in [0.15, 0.2) is 5.76 Å². The molecule has 2 aromatic carbocycles. The van der Waals surface area contributed by atoms with Crippen LogP contribution in [0, 0.1) is 0 Å². The maximum Gasteiger partial charge on any atom is 0.291 e. The summed E-state index contributed by atoms with van der Waals surface area (Å²) in [5, 5.41) is 6.54. The predicted molar refractivity (Wildman–Crippen MR) is 104 cm³/mol. The molecular weight excluding hydrogens is 344 g/mol. The molecule has 0 fully saturated rings. The zero-order chi connectivity index (χ0) is 19.2. The van der Waals surface area contributed by atoms with Crippen molar-refractivity contribution < 1.29 is 18.7 Å². The molecule has 2 amide bonds. The summed E-state index contributed by atoms with van der Waals surface area (Å²) in [6.45, 7) is 2.36. The van der Waals surface area contributed by atoms with Gasteiger partial charge in [-0.3, -0.25) is 9.59 Å². The fourth-order valence-electron chi connectivity index (χ4n) is 2.80. The van der Waals surface area contributed by atoms with Gasteiger partial charge in [0.25, 0.3) is 5.91 Å². The molecule has 0 saturated heterocycles. The molecule has 0 aliphatic heterocycles. The summed E-state index contributed by atoms with van der Waals surface area (Å²) in [6.07, 6.45) is 0.270. The van der Waals surface area contributed by atoms with Gasteiger partial charge in [-0.15, -0.1) is 0 Å². The first-order valence-corrected chi connectivity index (χ1v) is 8.72. The average molecular weight is 366 g/mol. The van der Waals surface area contributed by atoms with E-state index in [9.17, 15) is 9.59 Å². The van der Waals surface area contributed by atoms with Gasteiger partial charge in [0.1, 0.15) is 5.58 Å². The monoisotopic (exact) mass is 366 g/mol. The standard InChI is InChI=1S/C21H22N2O4/c1-14(13-26-2)22-20(24)11-15-7-9-17(10-8-15)23-21(25)19-12-16-5-3-4-6-18(16)27-19/h3-10,12,14H,11,13H2,1-2H3,(H,22,24)(H,23,25). The number of para-hydroxylation sites is 1. The molecule has 0 spiro atoms. The predicted octanol–water partition coefficient (Wildman–Crippen LogP) is 3.38. The average Bonchev–Trinajstić information content (AvgIpc) is 3.08. The fourth-order valence-corrected chi connectivity index (χ4v) is 2.80. The Hall–Kier alpha value is -3.12. The number of fused-ring (bicyclic) bond motifs is 1. The van der Waals surface area contributed by atoms with Gasteiger partial charge < -0.3 is 19.8 Å². The van der Waals surface area contributed by atoms with Crippen LogP contribution in [0.3, 0.4) is 0 Å². The van der Waals surface area contributed by atoms with Crippen molar-refractivity contribution in [2.45, 2.75) is 19.4 Å². The molecule has 1 unspecified atom stereocenters. The van der Waals surface area contributed by atoms with E-state index in [2.05, 4.69) is 10.6 Å². The maximum atomic E-state index is 12.3. The number of nitrogens with one attached hydrogen (secondary N) is 2. The van der Waals surface area contributed by atoms with Crippen LogP contribution in [-0.4, -0.2) is 31.6 Å². The number of benzene rings is 2. The first-order valence-electron chi connectivity index (χ1n) is 8.72. The summed E-state index contributed by atoms with van der Waals surface area (Å²) in [5.41, 5.74) is 2.17. The maximum absolute atomic E-state index is 12.3. The number of carbonyl (C=O) groups is 2. The molecular formula is C21H22N2O4. The van der Waals surface area contributed by atoms with Crippen molar-refractivity contribution in [2.24, 2.45) is 0 Å². The largest absolute Gasteiger partial charge is 0.451 e. The summed E-state index contributed by atoms with van der Waals surface area (Å²) >= 11 is 0. The van der Waals surface area contributed by atoms with E-state index in [4.69, 9.17) is 9.15 Å². The SMILES string of the molecule is COCC(C)NC(=O)Cc1ccc(NC(=O)c2cc3ccccc3o2)cc1. The molecule has 1 aromatic heterocycles. The highest BCUT2D eigenvalue weighted by atomic mass is 16.5. The zero-order valence-corrected chi connectivity index (χ0v) is 15.3. The van der Waals surface area contributed by atoms with Crippen LogP contribution < -0.4 is 10.6 Å². The highest BCUT2D eigenvalue weighted by Crippen LogP contribution is 2.20. The Labute approximate surface area is 157 Å². The Kier molecular flexibility index (Phi) is 5.88. The molecule has 0 aliphatic carbocycles. The summed E-state index contributed by atoms with van der Waals surface area (Å²) in [6, 6.07) is 16.3. The van der Waals surface area contributed by atoms with E-state index in [1.165, 1.54) is 0 Å². The molecule has 27 heavy (non-hydrogen) atoms. The molecule has 140 valence electrons. The normalized spacial score (nSPS) is 11.9. The molecule has 0 radical (unpaired) electrons. The lowest BCUT2D eigenvalue weighted by Gasteiger charge is -2.12. The van der Waals surface area contributed by atoms with Crippen molar-refractivity contribution in [1.29, 1.82) is 0 Å². The minimum absolute atomic E-state index is 0.0372. The van der Waals surface area contributed by atoms with Crippen molar-refractivity contribution in [3.8, 4) is 0 Å². The van der Waals surface area contributed by atoms with E-state index < -0.39 is 0 Å². The third kappa shape index (κ3) is 4.95. The van der Waals surface area contributed by atoms with Crippen LogP contribution in [0.5, 0.6) is 0 Å². The van der Waals surface area contributed by atoms with Gasteiger partial charge in [-0.1, -0.05) is 30.3 Å². The summed E-state index contributed by atoms with van der Waals surface area (Å²) in [4.78, 5) is 24.3. The Balaban J connectivity index is 1.58. The second-order valence-electron chi connectivity index (χ2n) is 6.40. The quantitative estimate of drug-likeness (QED) is 0.672. The lowest BCUT2D eigenvalue weighted by molar-refractivity contribution is -0.121. The van der Waals surface area contributed by atoms with E-state index in [-0.39, 0.29) is 30.0 Å². The van der Waals surface area contributed by atoms with E-state index in [0.717, 1.165) is 10.9 Å². The van der Waals surface area contributed by atoms with Gasteiger partial charge in [0.05, 0.1) is 13.0 Å². The number of anilines is 1. The number of furan rings is 1. The van der Waals surface area contributed by atoms with Gasteiger partial charge in [-0.2, -0.15) is 0 Å². The molecule has 3 rings (SSSR count). The summed E-state index contributed by atoms with van der Waals surface area (Å²) in [5.74, 6) is -0.129. The highest BCUT2D eigenvalue weighted by molar-refractivity contribution is 6.04. The second kappa shape index (κ2) is 8.51. The number of ether oxygens (including phenoxy) is 1. The molecule has 3 aromatic rings. The topological polar surface area (TPSA) is 80.6 Å². The molecule has 1 atom stereocenters. The van der Waals surface area contributed by atoms with Crippen molar-refractivity contribution in [3.63, 3.8) is 0 Å². The smallest absolute Gasteiger partial charge is 0.291 e. The minimum atomic E-state index is -0.315. The Morgan fingerprint density at radius 1 is 1.11 bits per heavy atom. The molecule has 0 aliphatic rings. The number of amides is 2. The van der Waals surface area contributed by atoms with Crippen LogP contribution >= 0.6 is 0 Å². The Morgan fingerprint density at radius 3 is 2.56 bits per heavy atom. The van der Waals surface area contributed by atoms with Gasteiger partial charge in [0.2, 0.25) is 5.91 Å². The summed E-state index contributed by atoms with van der Waals surface area (Å²) < 4.78 is 10.6. The van der Waals surface area contributed by atoms with Crippen LogP contribution in [0.1, 0.15) is 23.0 Å². The number of methoxy groups -OCH3 is 1. The third-order valence-electron chi connectivity index (χ3n) is 4.05. The fraction of sp³-hybridized carbons (Fsp3) is 0.238. The Morgan fingerprint density at radius 2 is 1.85 bits per heavy atom.